The molecule has 112 valence electrons. The van der Waals surface area contributed by atoms with E-state index in [0.717, 1.165) is 12.8 Å². The fourth-order valence-electron chi connectivity index (χ4n) is 2.36. The normalized spacial score (nSPS) is 10.7. The van der Waals surface area contributed by atoms with Crippen LogP contribution in [0, 0.1) is 17.0 Å². The molecule has 0 radical (unpaired) electrons. The number of rotatable bonds is 9. The number of nitro groups is 1. The van der Waals surface area contributed by atoms with Crippen molar-refractivity contribution in [3.63, 3.8) is 0 Å². The molecule has 1 aromatic rings. The van der Waals surface area contributed by atoms with E-state index in [1.165, 1.54) is 48.8 Å². The van der Waals surface area contributed by atoms with Gasteiger partial charge in [0.25, 0.3) is 11.2 Å². The smallest absolute Gasteiger partial charge is 0.288 e. The number of unbranched alkanes of at least 4 members (excludes halogenated alkanes) is 6. The summed E-state index contributed by atoms with van der Waals surface area (Å²) in [4.78, 5) is 22.2. The van der Waals surface area contributed by atoms with Gasteiger partial charge in [-0.3, -0.25) is 14.9 Å². The van der Waals surface area contributed by atoms with Gasteiger partial charge in [-0.25, -0.2) is 0 Å². The Morgan fingerprint density at radius 2 is 1.70 bits per heavy atom. The van der Waals surface area contributed by atoms with Crippen LogP contribution < -0.4 is 5.56 Å². The topological polar surface area (TPSA) is 65.1 Å². The molecule has 5 nitrogen and oxygen atoms in total. The first-order valence-electron chi connectivity index (χ1n) is 7.42. The van der Waals surface area contributed by atoms with Gasteiger partial charge in [0.15, 0.2) is 0 Å². The van der Waals surface area contributed by atoms with Crippen molar-refractivity contribution in [2.75, 3.05) is 0 Å². The molecule has 0 fully saturated rings. The summed E-state index contributed by atoms with van der Waals surface area (Å²) in [6.45, 7) is 4.40. The van der Waals surface area contributed by atoms with Gasteiger partial charge in [-0.05, 0) is 13.3 Å². The van der Waals surface area contributed by atoms with Crippen LogP contribution in [0.15, 0.2) is 16.9 Å². The highest BCUT2D eigenvalue weighted by Crippen LogP contribution is 2.15. The highest BCUT2D eigenvalue weighted by Gasteiger charge is 2.14. The monoisotopic (exact) mass is 280 g/mol. The van der Waals surface area contributed by atoms with E-state index < -0.39 is 4.92 Å². The van der Waals surface area contributed by atoms with Crippen LogP contribution in [0.1, 0.15) is 57.6 Å². The summed E-state index contributed by atoms with van der Waals surface area (Å²) in [5.74, 6) is 0. The first kappa shape index (κ1) is 16.4. The Hall–Kier alpha value is -1.65. The molecule has 0 aromatic carbocycles. The summed E-state index contributed by atoms with van der Waals surface area (Å²) in [5.41, 5.74) is 0.320. The summed E-state index contributed by atoms with van der Waals surface area (Å²) in [5, 5.41) is 10.9. The van der Waals surface area contributed by atoms with E-state index in [1.807, 2.05) is 0 Å². The Kier molecular flexibility index (Phi) is 6.98. The van der Waals surface area contributed by atoms with Crippen molar-refractivity contribution < 1.29 is 4.92 Å². The molecule has 1 rings (SSSR count). The molecule has 0 amide bonds. The Bertz CT molecular complexity index is 494. The zero-order chi connectivity index (χ0) is 15.0. The lowest BCUT2D eigenvalue weighted by Gasteiger charge is -2.09. The van der Waals surface area contributed by atoms with Crippen molar-refractivity contribution in [2.45, 2.75) is 65.3 Å². The van der Waals surface area contributed by atoms with Crippen LogP contribution in [0.25, 0.3) is 0 Å². The summed E-state index contributed by atoms with van der Waals surface area (Å²) >= 11 is 0. The van der Waals surface area contributed by atoms with Gasteiger partial charge in [0, 0.05) is 18.7 Å². The van der Waals surface area contributed by atoms with Crippen molar-refractivity contribution in [2.24, 2.45) is 0 Å². The molecule has 0 saturated carbocycles. The minimum Gasteiger partial charge on any atom is -0.306 e. The van der Waals surface area contributed by atoms with Gasteiger partial charge < -0.3 is 4.57 Å². The maximum absolute atomic E-state index is 11.8. The average molecular weight is 280 g/mol. The van der Waals surface area contributed by atoms with Gasteiger partial charge in [-0.15, -0.1) is 0 Å². The summed E-state index contributed by atoms with van der Waals surface area (Å²) < 4.78 is 1.52. The van der Waals surface area contributed by atoms with Crippen LogP contribution in [0.4, 0.5) is 5.69 Å². The SMILES string of the molecule is CCCCCCCCCn1c(C)c([N+](=O)[O-])ccc1=O. The molecular weight excluding hydrogens is 256 g/mol. The largest absolute Gasteiger partial charge is 0.306 e. The third kappa shape index (κ3) is 4.79. The fraction of sp³-hybridized carbons (Fsp3) is 0.667. The molecule has 0 aliphatic rings. The van der Waals surface area contributed by atoms with Crippen LogP contribution in [0.2, 0.25) is 0 Å². The lowest BCUT2D eigenvalue weighted by atomic mass is 10.1. The van der Waals surface area contributed by atoms with Crippen molar-refractivity contribution in [1.82, 2.24) is 4.57 Å². The Balaban J connectivity index is 2.49. The highest BCUT2D eigenvalue weighted by molar-refractivity contribution is 5.34. The average Bonchev–Trinajstić information content (AvgIpc) is 2.40. The van der Waals surface area contributed by atoms with Gasteiger partial charge in [-0.2, -0.15) is 0 Å². The third-order valence-corrected chi connectivity index (χ3v) is 3.61. The van der Waals surface area contributed by atoms with Crippen LogP contribution >= 0.6 is 0 Å². The number of nitrogens with zero attached hydrogens (tertiary/aromatic N) is 2. The molecule has 0 atom stereocenters. The molecule has 1 heterocycles. The van der Waals surface area contributed by atoms with E-state index in [-0.39, 0.29) is 11.2 Å². The second-order valence-electron chi connectivity index (χ2n) is 5.17. The van der Waals surface area contributed by atoms with Crippen LogP contribution in [0.3, 0.4) is 0 Å². The number of hydrogen-bond acceptors (Lipinski definition) is 3. The number of hydrogen-bond donors (Lipinski definition) is 0. The predicted molar refractivity (Wildman–Crippen MR) is 80.1 cm³/mol. The standard InChI is InChI=1S/C15H24N2O3/c1-3-4-5-6-7-8-9-12-16-13(2)14(17(19)20)10-11-15(16)18/h10-11H,3-9,12H2,1-2H3. The molecule has 0 N–H and O–H groups in total. The van der Waals surface area contributed by atoms with E-state index in [0.29, 0.717) is 12.2 Å². The second-order valence-corrected chi connectivity index (χ2v) is 5.17. The van der Waals surface area contributed by atoms with Crippen LogP contribution in [-0.2, 0) is 6.54 Å². The molecule has 0 spiro atoms. The van der Waals surface area contributed by atoms with Gasteiger partial charge in [0.1, 0.15) is 0 Å². The van der Waals surface area contributed by atoms with E-state index >= 15 is 0 Å². The van der Waals surface area contributed by atoms with Crippen molar-refractivity contribution in [3.05, 3.63) is 38.3 Å². The highest BCUT2D eigenvalue weighted by atomic mass is 16.6. The van der Waals surface area contributed by atoms with Crippen molar-refractivity contribution in [3.8, 4) is 0 Å². The molecule has 20 heavy (non-hydrogen) atoms. The minimum absolute atomic E-state index is 0.0209. The molecule has 0 saturated heterocycles. The molecule has 1 aromatic heterocycles. The molecule has 0 bridgehead atoms. The maximum atomic E-state index is 11.8. The number of aromatic nitrogens is 1. The second kappa shape index (κ2) is 8.51. The third-order valence-electron chi connectivity index (χ3n) is 3.61. The zero-order valence-electron chi connectivity index (χ0n) is 12.4. The summed E-state index contributed by atoms with van der Waals surface area (Å²) in [6, 6.07) is 2.57. The fourth-order valence-corrected chi connectivity index (χ4v) is 2.36. The Labute approximate surface area is 119 Å². The zero-order valence-corrected chi connectivity index (χ0v) is 12.4. The first-order valence-corrected chi connectivity index (χ1v) is 7.42. The number of pyridine rings is 1. The molecular formula is C15H24N2O3. The van der Waals surface area contributed by atoms with Gasteiger partial charge in [0.05, 0.1) is 10.6 Å². The molecule has 0 aliphatic heterocycles. The van der Waals surface area contributed by atoms with Gasteiger partial charge >= 0.3 is 0 Å². The van der Waals surface area contributed by atoms with Crippen LogP contribution in [-0.4, -0.2) is 9.49 Å². The van der Waals surface area contributed by atoms with E-state index in [2.05, 4.69) is 6.92 Å². The minimum atomic E-state index is -0.435. The molecule has 0 aliphatic carbocycles. The van der Waals surface area contributed by atoms with Gasteiger partial charge in [0.2, 0.25) is 0 Å². The Morgan fingerprint density at radius 3 is 2.30 bits per heavy atom. The quantitative estimate of drug-likeness (QED) is 0.392. The van der Waals surface area contributed by atoms with E-state index in [9.17, 15) is 14.9 Å². The Morgan fingerprint density at radius 1 is 1.10 bits per heavy atom. The van der Waals surface area contributed by atoms with Crippen molar-refractivity contribution in [1.29, 1.82) is 0 Å². The van der Waals surface area contributed by atoms with Crippen molar-refractivity contribution >= 4 is 5.69 Å². The van der Waals surface area contributed by atoms with E-state index in [1.54, 1.807) is 6.92 Å². The first-order chi connectivity index (χ1) is 9.57. The van der Waals surface area contributed by atoms with Gasteiger partial charge in [-0.1, -0.05) is 45.4 Å². The lowest BCUT2D eigenvalue weighted by molar-refractivity contribution is -0.386. The lowest BCUT2D eigenvalue weighted by Crippen LogP contribution is -2.22. The van der Waals surface area contributed by atoms with Crippen LogP contribution in [0.5, 0.6) is 0 Å². The molecule has 0 unspecified atom stereocenters. The van der Waals surface area contributed by atoms with E-state index in [4.69, 9.17) is 0 Å². The summed E-state index contributed by atoms with van der Waals surface area (Å²) in [7, 11) is 0. The summed E-state index contributed by atoms with van der Waals surface area (Å²) in [6.07, 6.45) is 8.16. The molecule has 5 heteroatoms. The maximum Gasteiger partial charge on any atom is 0.288 e. The predicted octanol–water partition coefficient (Wildman–Crippen LogP) is 3.82.